The zero-order chi connectivity index (χ0) is 26.5. The number of ether oxygens (including phenoxy) is 1. The Morgan fingerprint density at radius 1 is 0.921 bits per heavy atom. The van der Waals surface area contributed by atoms with Crippen LogP contribution in [0.4, 0.5) is 10.1 Å². The van der Waals surface area contributed by atoms with E-state index in [1.807, 2.05) is 17.0 Å². The third-order valence-corrected chi connectivity index (χ3v) is 8.60. The minimum absolute atomic E-state index is 0.139. The molecule has 2 saturated heterocycles. The molecule has 0 saturated carbocycles. The molecule has 38 heavy (non-hydrogen) atoms. The molecule has 2 aliphatic heterocycles. The molecule has 8 nitrogen and oxygen atoms in total. The molecular formula is C28H31FN4O4S. The Bertz CT molecular complexity index is 1360. The second kappa shape index (κ2) is 11.5. The van der Waals surface area contributed by atoms with Gasteiger partial charge in [0.25, 0.3) is 15.9 Å². The number of hydrogen-bond donors (Lipinski definition) is 1. The summed E-state index contributed by atoms with van der Waals surface area (Å²) in [6.07, 6.45) is 7.40. The molecule has 200 valence electrons. The molecule has 2 aromatic carbocycles. The number of nitrogens with one attached hydrogen (secondary N) is 1. The van der Waals surface area contributed by atoms with Gasteiger partial charge < -0.3 is 9.64 Å². The number of carbonyl (C=O) groups is 1. The van der Waals surface area contributed by atoms with Crippen LogP contribution in [-0.2, 0) is 10.0 Å². The van der Waals surface area contributed by atoms with E-state index < -0.39 is 20.7 Å². The number of likely N-dealkylation sites (tertiary alicyclic amines) is 2. The zero-order valence-corrected chi connectivity index (χ0v) is 21.8. The molecule has 1 N–H and O–H groups in total. The van der Waals surface area contributed by atoms with Crippen LogP contribution in [-0.4, -0.2) is 67.4 Å². The number of halogens is 1. The minimum Gasteiger partial charge on any atom is -0.490 e. The van der Waals surface area contributed by atoms with Crippen molar-refractivity contribution in [1.29, 1.82) is 0 Å². The van der Waals surface area contributed by atoms with Gasteiger partial charge in [0.1, 0.15) is 22.6 Å². The van der Waals surface area contributed by atoms with Crippen LogP contribution in [0, 0.1) is 5.82 Å². The van der Waals surface area contributed by atoms with Gasteiger partial charge in [0.15, 0.2) is 0 Å². The number of hydrogen-bond acceptors (Lipinski definition) is 6. The van der Waals surface area contributed by atoms with Crippen LogP contribution in [0.15, 0.2) is 78.0 Å². The van der Waals surface area contributed by atoms with E-state index in [2.05, 4.69) is 14.6 Å². The molecule has 0 radical (unpaired) electrons. The summed E-state index contributed by atoms with van der Waals surface area (Å²) >= 11 is 0. The molecule has 2 aliphatic rings. The molecular weight excluding hydrogens is 507 g/mol. The van der Waals surface area contributed by atoms with Gasteiger partial charge in [0, 0.05) is 55.9 Å². The number of aromatic nitrogens is 1. The van der Waals surface area contributed by atoms with Crippen molar-refractivity contribution in [2.24, 2.45) is 0 Å². The van der Waals surface area contributed by atoms with E-state index >= 15 is 0 Å². The maximum Gasteiger partial charge on any atom is 0.264 e. The molecule has 2 fully saturated rings. The van der Waals surface area contributed by atoms with Gasteiger partial charge in [-0.15, -0.1) is 0 Å². The molecule has 5 rings (SSSR count). The van der Waals surface area contributed by atoms with Crippen LogP contribution < -0.4 is 9.46 Å². The lowest BCUT2D eigenvalue weighted by molar-refractivity contribution is 0.0425. The van der Waals surface area contributed by atoms with E-state index in [1.54, 1.807) is 30.6 Å². The maximum atomic E-state index is 14.0. The number of piperidine rings is 2. The summed E-state index contributed by atoms with van der Waals surface area (Å²) in [5, 5.41) is 0. The van der Waals surface area contributed by atoms with Gasteiger partial charge in [-0.05, 0) is 68.1 Å². The fraction of sp³-hybridized carbons (Fsp3) is 0.357. The summed E-state index contributed by atoms with van der Waals surface area (Å²) in [5.41, 5.74) is 0.608. The number of sulfonamides is 1. The van der Waals surface area contributed by atoms with Gasteiger partial charge in [-0.3, -0.25) is 19.4 Å². The first-order chi connectivity index (χ1) is 18.4. The van der Waals surface area contributed by atoms with Crippen molar-refractivity contribution in [3.63, 3.8) is 0 Å². The molecule has 1 aromatic heterocycles. The van der Waals surface area contributed by atoms with Crippen molar-refractivity contribution in [2.45, 2.75) is 42.7 Å². The van der Waals surface area contributed by atoms with E-state index in [0.717, 1.165) is 50.6 Å². The van der Waals surface area contributed by atoms with Crippen molar-refractivity contribution in [2.75, 3.05) is 30.9 Å². The molecule has 1 amide bonds. The lowest BCUT2D eigenvalue weighted by atomic mass is 9.98. The predicted octanol–water partition coefficient (Wildman–Crippen LogP) is 4.17. The van der Waals surface area contributed by atoms with Gasteiger partial charge >= 0.3 is 0 Å². The van der Waals surface area contributed by atoms with Gasteiger partial charge in [0.2, 0.25) is 0 Å². The number of rotatable bonds is 7. The third kappa shape index (κ3) is 6.14. The Morgan fingerprint density at radius 2 is 1.63 bits per heavy atom. The Kier molecular flexibility index (Phi) is 7.90. The Labute approximate surface area is 222 Å². The van der Waals surface area contributed by atoms with E-state index in [-0.39, 0.29) is 17.7 Å². The molecule has 3 aromatic rings. The number of anilines is 1. The molecule has 0 atom stereocenters. The van der Waals surface area contributed by atoms with Crippen LogP contribution in [0.5, 0.6) is 5.75 Å². The van der Waals surface area contributed by atoms with Gasteiger partial charge in [0.05, 0.1) is 0 Å². The number of nitrogens with zero attached hydrogens (tertiary/aromatic N) is 3. The average molecular weight is 539 g/mol. The highest BCUT2D eigenvalue weighted by molar-refractivity contribution is 7.92. The van der Waals surface area contributed by atoms with Crippen LogP contribution in [0.2, 0.25) is 0 Å². The number of carbonyl (C=O) groups excluding carboxylic acids is 1. The quantitative estimate of drug-likeness (QED) is 0.486. The van der Waals surface area contributed by atoms with E-state index in [1.165, 1.54) is 24.3 Å². The summed E-state index contributed by atoms with van der Waals surface area (Å²) in [6, 6.07) is 15.7. The smallest absolute Gasteiger partial charge is 0.264 e. The summed E-state index contributed by atoms with van der Waals surface area (Å²) in [6.45, 7) is 3.22. The molecule has 0 bridgehead atoms. The lowest BCUT2D eigenvalue weighted by Crippen LogP contribution is -2.50. The SMILES string of the molecule is O=C(c1cccc(NS(=O)(=O)c2ccccc2F)c1)N1CCC(N2CCC(Oc3ccncc3)CC2)CC1. The maximum absolute atomic E-state index is 14.0. The predicted molar refractivity (Wildman–Crippen MR) is 142 cm³/mol. The van der Waals surface area contributed by atoms with Crippen molar-refractivity contribution in [1.82, 2.24) is 14.8 Å². The lowest BCUT2D eigenvalue weighted by Gasteiger charge is -2.41. The van der Waals surface area contributed by atoms with E-state index in [9.17, 15) is 17.6 Å². The first-order valence-electron chi connectivity index (χ1n) is 12.9. The normalized spacial score (nSPS) is 17.8. The summed E-state index contributed by atoms with van der Waals surface area (Å²) in [4.78, 5) is 21.1. The van der Waals surface area contributed by atoms with Crippen LogP contribution in [0.1, 0.15) is 36.0 Å². The van der Waals surface area contributed by atoms with Crippen molar-refractivity contribution in [3.8, 4) is 5.75 Å². The van der Waals surface area contributed by atoms with Gasteiger partial charge in [-0.2, -0.15) is 0 Å². The third-order valence-electron chi connectivity index (χ3n) is 7.19. The first-order valence-corrected chi connectivity index (χ1v) is 14.3. The molecule has 3 heterocycles. The number of amides is 1. The monoisotopic (exact) mass is 538 g/mol. The number of benzene rings is 2. The largest absolute Gasteiger partial charge is 0.490 e. The fourth-order valence-electron chi connectivity index (χ4n) is 5.17. The average Bonchev–Trinajstić information content (AvgIpc) is 2.94. The van der Waals surface area contributed by atoms with Gasteiger partial charge in [-0.25, -0.2) is 12.8 Å². The van der Waals surface area contributed by atoms with Crippen molar-refractivity contribution < 1.29 is 22.3 Å². The summed E-state index contributed by atoms with van der Waals surface area (Å²) < 4.78 is 47.8. The Morgan fingerprint density at radius 3 is 2.34 bits per heavy atom. The molecule has 0 spiro atoms. The molecule has 0 unspecified atom stereocenters. The first kappa shape index (κ1) is 26.1. The highest BCUT2D eigenvalue weighted by Gasteiger charge is 2.30. The zero-order valence-electron chi connectivity index (χ0n) is 21.0. The van der Waals surface area contributed by atoms with Crippen LogP contribution in [0.25, 0.3) is 0 Å². The second-order valence-corrected chi connectivity index (χ2v) is 11.3. The topological polar surface area (TPSA) is 91.8 Å². The van der Waals surface area contributed by atoms with Crippen molar-refractivity contribution >= 4 is 21.6 Å². The number of pyridine rings is 1. The summed E-state index contributed by atoms with van der Waals surface area (Å²) in [7, 11) is -4.12. The second-order valence-electron chi connectivity index (χ2n) is 9.68. The van der Waals surface area contributed by atoms with Crippen LogP contribution in [0.3, 0.4) is 0 Å². The van der Waals surface area contributed by atoms with E-state index in [0.29, 0.717) is 24.7 Å². The van der Waals surface area contributed by atoms with Crippen LogP contribution >= 0.6 is 0 Å². The summed E-state index contributed by atoms with van der Waals surface area (Å²) in [5.74, 6) is -0.116. The molecule has 10 heteroatoms. The molecule has 0 aliphatic carbocycles. The standard InChI is InChI=1S/C28H31FN4O4S/c29-26-6-1-2-7-27(26)38(35,36)31-22-5-3-4-21(20-22)28(34)33-16-10-23(11-17-33)32-18-12-25(13-19-32)37-24-8-14-30-15-9-24/h1-9,14-15,20,23,25,31H,10-13,16-19H2. The Hall–Kier alpha value is -3.50. The Balaban J connectivity index is 1.13. The minimum atomic E-state index is -4.12. The van der Waals surface area contributed by atoms with Crippen molar-refractivity contribution in [3.05, 3.63) is 84.4 Å². The highest BCUT2D eigenvalue weighted by Crippen LogP contribution is 2.25. The van der Waals surface area contributed by atoms with Gasteiger partial charge in [-0.1, -0.05) is 18.2 Å². The van der Waals surface area contributed by atoms with E-state index in [4.69, 9.17) is 4.74 Å². The fourth-order valence-corrected chi connectivity index (χ4v) is 6.30. The highest BCUT2D eigenvalue weighted by atomic mass is 32.2.